The van der Waals surface area contributed by atoms with Crippen LogP contribution in [0.25, 0.3) is 0 Å². The lowest BCUT2D eigenvalue weighted by Crippen LogP contribution is -2.05. The van der Waals surface area contributed by atoms with Gasteiger partial charge in [-0.05, 0) is 24.6 Å². The number of rotatable bonds is 1. The third kappa shape index (κ3) is 1.99. The van der Waals surface area contributed by atoms with Crippen molar-refractivity contribution >= 4 is 11.6 Å². The van der Waals surface area contributed by atoms with Crippen molar-refractivity contribution in [2.45, 2.75) is 6.92 Å². The van der Waals surface area contributed by atoms with Crippen LogP contribution in [0, 0.1) is 6.92 Å². The molecule has 2 N–H and O–H groups in total. The molecule has 0 saturated carbocycles. The fourth-order valence-electron chi connectivity index (χ4n) is 0.873. The van der Waals surface area contributed by atoms with Gasteiger partial charge < -0.3 is 10.4 Å². The molecule has 0 spiro atoms. The number of hydrogen-bond donors (Lipinski definition) is 2. The topological polar surface area (TPSA) is 49.3 Å². The molecule has 0 bridgehead atoms. The maximum Gasteiger partial charge on any atom is 0.221 e. The van der Waals surface area contributed by atoms with Crippen LogP contribution in [0.4, 0.5) is 5.69 Å². The second-order valence-electron chi connectivity index (χ2n) is 2.53. The molecule has 0 unspecified atom stereocenters. The normalized spacial score (nSPS) is 9.50. The van der Waals surface area contributed by atoms with Gasteiger partial charge in [-0.15, -0.1) is 0 Å². The van der Waals surface area contributed by atoms with E-state index in [0.29, 0.717) is 11.3 Å². The lowest BCUT2D eigenvalue weighted by molar-refractivity contribution is -0.114. The zero-order valence-corrected chi connectivity index (χ0v) is 6.79. The Bertz CT molecular complexity index is 307. The predicted octanol–water partition coefficient (Wildman–Crippen LogP) is 1.53. The summed E-state index contributed by atoms with van der Waals surface area (Å²) in [6, 6.07) is 4.81. The van der Waals surface area contributed by atoms with Gasteiger partial charge >= 0.3 is 0 Å². The maximum atomic E-state index is 10.6. The Hall–Kier alpha value is -1.51. The zero-order chi connectivity index (χ0) is 9.14. The monoisotopic (exact) mass is 164 g/mol. The number of phenolic OH excluding ortho intramolecular Hbond substituents is 1. The lowest BCUT2D eigenvalue weighted by Gasteiger charge is -2.04. The van der Waals surface area contributed by atoms with E-state index in [2.05, 4.69) is 12.2 Å². The predicted molar refractivity (Wildman–Crippen MR) is 46.9 cm³/mol. The van der Waals surface area contributed by atoms with E-state index >= 15 is 0 Å². The molecule has 0 heterocycles. The third-order valence-corrected chi connectivity index (χ3v) is 1.37. The van der Waals surface area contributed by atoms with Crippen molar-refractivity contribution in [2.24, 2.45) is 0 Å². The number of carbonyl (C=O) groups excluding carboxylic acids is 1. The smallest absolute Gasteiger partial charge is 0.221 e. The molecule has 0 aliphatic rings. The second kappa shape index (κ2) is 3.26. The third-order valence-electron chi connectivity index (χ3n) is 1.37. The van der Waals surface area contributed by atoms with Crippen LogP contribution in [0.2, 0.25) is 0 Å². The van der Waals surface area contributed by atoms with E-state index in [4.69, 9.17) is 0 Å². The molecule has 63 valence electrons. The molecule has 1 radical (unpaired) electrons. The summed E-state index contributed by atoms with van der Waals surface area (Å²) in [5.41, 5.74) is 1.12. The summed E-state index contributed by atoms with van der Waals surface area (Å²) in [6.07, 6.45) is 0. The molecular weight excluding hydrogens is 154 g/mol. The molecule has 0 fully saturated rings. The number of phenols is 1. The number of nitrogens with one attached hydrogen (secondary N) is 1. The highest BCUT2D eigenvalue weighted by molar-refractivity contribution is 5.90. The van der Waals surface area contributed by atoms with Crippen LogP contribution in [0.1, 0.15) is 12.5 Å². The second-order valence-corrected chi connectivity index (χ2v) is 2.53. The molecule has 0 aliphatic heterocycles. The van der Waals surface area contributed by atoms with Gasteiger partial charge in [0.2, 0.25) is 5.91 Å². The SMILES string of the molecule is [CH2]c1ccc(NC(C)=O)c(O)c1. The number of anilines is 1. The standard InChI is InChI=1S/C9H10NO2/c1-6-3-4-8(9(12)5-6)10-7(2)11/h3-5,12H,1H2,2H3,(H,10,11). The largest absolute Gasteiger partial charge is 0.506 e. The van der Waals surface area contributed by atoms with E-state index in [1.807, 2.05) is 0 Å². The van der Waals surface area contributed by atoms with Crippen molar-refractivity contribution in [2.75, 3.05) is 5.32 Å². The van der Waals surface area contributed by atoms with E-state index < -0.39 is 0 Å². The van der Waals surface area contributed by atoms with Crippen molar-refractivity contribution < 1.29 is 9.90 Å². The number of benzene rings is 1. The van der Waals surface area contributed by atoms with Crippen LogP contribution in [-0.4, -0.2) is 11.0 Å². The van der Waals surface area contributed by atoms with Gasteiger partial charge in [0.25, 0.3) is 0 Å². The van der Waals surface area contributed by atoms with Crippen LogP contribution in [0.5, 0.6) is 5.75 Å². The van der Waals surface area contributed by atoms with Crippen LogP contribution < -0.4 is 5.32 Å². The van der Waals surface area contributed by atoms with Crippen LogP contribution in [0.3, 0.4) is 0 Å². The first-order valence-electron chi connectivity index (χ1n) is 3.52. The summed E-state index contributed by atoms with van der Waals surface area (Å²) < 4.78 is 0. The van der Waals surface area contributed by atoms with E-state index in [9.17, 15) is 9.90 Å². The van der Waals surface area contributed by atoms with Gasteiger partial charge in [0.05, 0.1) is 5.69 Å². The van der Waals surface area contributed by atoms with E-state index in [1.54, 1.807) is 12.1 Å². The average molecular weight is 164 g/mol. The Labute approximate surface area is 71.0 Å². The molecule has 0 atom stereocenters. The van der Waals surface area contributed by atoms with Crippen molar-refractivity contribution in [3.8, 4) is 5.75 Å². The van der Waals surface area contributed by atoms with Gasteiger partial charge in [-0.1, -0.05) is 6.07 Å². The highest BCUT2D eigenvalue weighted by Crippen LogP contribution is 2.23. The Balaban J connectivity index is 2.93. The number of hydrogen-bond acceptors (Lipinski definition) is 2. The summed E-state index contributed by atoms with van der Waals surface area (Å²) >= 11 is 0. The average Bonchev–Trinajstić information content (AvgIpc) is 1.94. The molecule has 1 amide bonds. The number of amides is 1. The fraction of sp³-hybridized carbons (Fsp3) is 0.111. The van der Waals surface area contributed by atoms with Gasteiger partial charge in [-0.2, -0.15) is 0 Å². The summed E-state index contributed by atoms with van der Waals surface area (Å²) in [6.45, 7) is 5.02. The number of carbonyl (C=O) groups is 1. The first-order valence-corrected chi connectivity index (χ1v) is 3.52. The Morgan fingerprint density at radius 1 is 1.58 bits per heavy atom. The van der Waals surface area contributed by atoms with Crippen molar-refractivity contribution in [3.05, 3.63) is 30.7 Å². The van der Waals surface area contributed by atoms with Crippen LogP contribution >= 0.6 is 0 Å². The van der Waals surface area contributed by atoms with Crippen molar-refractivity contribution in [3.63, 3.8) is 0 Å². The molecular formula is C9H10NO2. The zero-order valence-electron chi connectivity index (χ0n) is 6.79. The van der Waals surface area contributed by atoms with Crippen LogP contribution in [0.15, 0.2) is 18.2 Å². The minimum absolute atomic E-state index is 0.0395. The first kappa shape index (κ1) is 8.59. The van der Waals surface area contributed by atoms with Gasteiger partial charge in [0, 0.05) is 6.92 Å². The molecule has 3 nitrogen and oxygen atoms in total. The molecule has 0 aromatic heterocycles. The van der Waals surface area contributed by atoms with Crippen LogP contribution in [-0.2, 0) is 4.79 Å². The van der Waals surface area contributed by atoms with E-state index in [0.717, 1.165) is 0 Å². The molecule has 1 rings (SSSR count). The minimum atomic E-state index is -0.206. The van der Waals surface area contributed by atoms with Gasteiger partial charge in [0.15, 0.2) is 0 Å². The molecule has 12 heavy (non-hydrogen) atoms. The molecule has 1 aromatic carbocycles. The number of aromatic hydroxyl groups is 1. The Kier molecular flexibility index (Phi) is 2.33. The lowest BCUT2D eigenvalue weighted by atomic mass is 10.2. The highest BCUT2D eigenvalue weighted by Gasteiger charge is 2.01. The van der Waals surface area contributed by atoms with Gasteiger partial charge in [-0.25, -0.2) is 0 Å². The summed E-state index contributed by atoms with van der Waals surface area (Å²) in [4.78, 5) is 10.6. The summed E-state index contributed by atoms with van der Waals surface area (Å²) in [5, 5.41) is 11.8. The van der Waals surface area contributed by atoms with Gasteiger partial charge in [0.1, 0.15) is 5.75 Å². The van der Waals surface area contributed by atoms with E-state index in [1.165, 1.54) is 13.0 Å². The minimum Gasteiger partial charge on any atom is -0.506 e. The Morgan fingerprint density at radius 3 is 2.75 bits per heavy atom. The summed E-state index contributed by atoms with van der Waals surface area (Å²) in [7, 11) is 0. The highest BCUT2D eigenvalue weighted by atomic mass is 16.3. The maximum absolute atomic E-state index is 10.6. The van der Waals surface area contributed by atoms with Crippen molar-refractivity contribution in [1.82, 2.24) is 0 Å². The quantitative estimate of drug-likeness (QED) is 0.618. The van der Waals surface area contributed by atoms with Gasteiger partial charge in [-0.3, -0.25) is 4.79 Å². The Morgan fingerprint density at radius 2 is 2.25 bits per heavy atom. The molecule has 0 aliphatic carbocycles. The molecule has 3 heteroatoms. The fourth-order valence-corrected chi connectivity index (χ4v) is 0.873. The summed E-state index contributed by atoms with van der Waals surface area (Å²) in [5.74, 6) is -0.167. The molecule has 0 saturated heterocycles. The first-order chi connectivity index (χ1) is 5.59. The van der Waals surface area contributed by atoms with E-state index in [-0.39, 0.29) is 11.7 Å². The molecule has 1 aromatic rings. The van der Waals surface area contributed by atoms with Crippen molar-refractivity contribution in [1.29, 1.82) is 0 Å².